The molecule has 1 aromatic heterocycles. The molecule has 6 nitrogen and oxygen atoms in total. The standard InChI is InChI=1S/C12H21N5O/c1-10(18)17-7-4-11(5-8-17)13-6-2-3-12-14-9-15-16-12/h9,11,13H,2-8H2,1H3,(H,14,15,16). The summed E-state index contributed by atoms with van der Waals surface area (Å²) in [5.41, 5.74) is 0. The van der Waals surface area contributed by atoms with E-state index in [2.05, 4.69) is 20.5 Å². The van der Waals surface area contributed by atoms with Crippen LogP contribution in [0.15, 0.2) is 6.33 Å². The smallest absolute Gasteiger partial charge is 0.219 e. The number of carbonyl (C=O) groups excluding carboxylic acids is 1. The third-order valence-electron chi connectivity index (χ3n) is 3.43. The third-order valence-corrected chi connectivity index (χ3v) is 3.43. The topological polar surface area (TPSA) is 73.9 Å². The second-order valence-electron chi connectivity index (χ2n) is 4.77. The fourth-order valence-corrected chi connectivity index (χ4v) is 2.31. The minimum Gasteiger partial charge on any atom is -0.343 e. The zero-order valence-corrected chi connectivity index (χ0v) is 10.9. The van der Waals surface area contributed by atoms with Crippen LogP contribution in [-0.4, -0.2) is 51.7 Å². The van der Waals surface area contributed by atoms with Crippen molar-refractivity contribution >= 4 is 5.91 Å². The molecule has 2 rings (SSSR count). The fraction of sp³-hybridized carbons (Fsp3) is 0.750. The summed E-state index contributed by atoms with van der Waals surface area (Å²) in [5.74, 6) is 1.14. The number of aromatic nitrogens is 3. The number of hydrogen-bond acceptors (Lipinski definition) is 4. The zero-order chi connectivity index (χ0) is 12.8. The highest BCUT2D eigenvalue weighted by molar-refractivity contribution is 5.73. The summed E-state index contributed by atoms with van der Waals surface area (Å²) in [6, 6.07) is 0.551. The van der Waals surface area contributed by atoms with E-state index in [1.165, 1.54) is 0 Å². The van der Waals surface area contributed by atoms with Crippen LogP contribution in [0.25, 0.3) is 0 Å². The molecular formula is C12H21N5O. The van der Waals surface area contributed by atoms with E-state index in [-0.39, 0.29) is 5.91 Å². The van der Waals surface area contributed by atoms with Gasteiger partial charge in [0.15, 0.2) is 0 Å². The molecular weight excluding hydrogens is 230 g/mol. The molecule has 0 aromatic carbocycles. The number of hydrogen-bond donors (Lipinski definition) is 2. The van der Waals surface area contributed by atoms with E-state index >= 15 is 0 Å². The van der Waals surface area contributed by atoms with Gasteiger partial charge >= 0.3 is 0 Å². The molecule has 1 aromatic rings. The summed E-state index contributed by atoms with van der Waals surface area (Å²) in [7, 11) is 0. The molecule has 0 radical (unpaired) electrons. The van der Waals surface area contributed by atoms with E-state index in [0.29, 0.717) is 6.04 Å². The maximum absolute atomic E-state index is 11.2. The lowest BCUT2D eigenvalue weighted by Crippen LogP contribution is -2.44. The number of likely N-dealkylation sites (tertiary alicyclic amines) is 1. The summed E-state index contributed by atoms with van der Waals surface area (Å²) < 4.78 is 0. The Morgan fingerprint density at radius 1 is 1.56 bits per heavy atom. The van der Waals surface area contributed by atoms with Gasteiger partial charge < -0.3 is 10.2 Å². The molecule has 0 atom stereocenters. The molecule has 0 saturated carbocycles. The number of nitrogens with zero attached hydrogens (tertiary/aromatic N) is 3. The van der Waals surface area contributed by atoms with Gasteiger partial charge in [-0.1, -0.05) is 0 Å². The van der Waals surface area contributed by atoms with E-state index in [1.807, 2.05) is 4.90 Å². The van der Waals surface area contributed by atoms with Crippen molar-refractivity contribution in [2.24, 2.45) is 0 Å². The fourth-order valence-electron chi connectivity index (χ4n) is 2.31. The van der Waals surface area contributed by atoms with E-state index in [4.69, 9.17) is 0 Å². The van der Waals surface area contributed by atoms with Gasteiger partial charge in [-0.2, -0.15) is 5.10 Å². The van der Waals surface area contributed by atoms with Crippen LogP contribution in [0.3, 0.4) is 0 Å². The van der Waals surface area contributed by atoms with E-state index in [1.54, 1.807) is 13.3 Å². The molecule has 18 heavy (non-hydrogen) atoms. The summed E-state index contributed by atoms with van der Waals surface area (Å²) in [6.45, 7) is 4.40. The van der Waals surface area contributed by atoms with Crippen molar-refractivity contribution in [1.29, 1.82) is 0 Å². The van der Waals surface area contributed by atoms with Crippen LogP contribution >= 0.6 is 0 Å². The molecule has 1 amide bonds. The van der Waals surface area contributed by atoms with Crippen molar-refractivity contribution in [3.63, 3.8) is 0 Å². The Balaban J connectivity index is 1.57. The first-order valence-corrected chi connectivity index (χ1v) is 6.59. The molecule has 100 valence electrons. The van der Waals surface area contributed by atoms with Gasteiger partial charge in [0, 0.05) is 32.5 Å². The molecule has 0 aliphatic carbocycles. The molecule has 1 saturated heterocycles. The third kappa shape index (κ3) is 3.80. The minimum absolute atomic E-state index is 0.193. The lowest BCUT2D eigenvalue weighted by molar-refractivity contribution is -0.129. The van der Waals surface area contributed by atoms with Crippen molar-refractivity contribution in [3.05, 3.63) is 12.2 Å². The predicted octanol–water partition coefficient (Wildman–Crippen LogP) is 0.338. The average Bonchev–Trinajstić information content (AvgIpc) is 2.88. The molecule has 1 aliphatic rings. The Morgan fingerprint density at radius 3 is 2.94 bits per heavy atom. The number of amides is 1. The second-order valence-corrected chi connectivity index (χ2v) is 4.77. The van der Waals surface area contributed by atoms with Gasteiger partial charge in [0.1, 0.15) is 12.2 Å². The van der Waals surface area contributed by atoms with Gasteiger partial charge in [-0.05, 0) is 25.8 Å². The van der Waals surface area contributed by atoms with Gasteiger partial charge in [-0.15, -0.1) is 0 Å². The Labute approximate surface area is 107 Å². The first-order valence-electron chi connectivity index (χ1n) is 6.59. The molecule has 6 heteroatoms. The Kier molecular flexibility index (Phi) is 4.69. The van der Waals surface area contributed by atoms with Crippen LogP contribution in [0.5, 0.6) is 0 Å². The number of nitrogens with one attached hydrogen (secondary N) is 2. The molecule has 1 fully saturated rings. The molecule has 2 heterocycles. The molecule has 2 N–H and O–H groups in total. The summed E-state index contributed by atoms with van der Waals surface area (Å²) >= 11 is 0. The van der Waals surface area contributed by atoms with Crippen molar-refractivity contribution < 1.29 is 4.79 Å². The van der Waals surface area contributed by atoms with Gasteiger partial charge in [0.25, 0.3) is 0 Å². The zero-order valence-electron chi connectivity index (χ0n) is 10.9. The number of H-pyrrole nitrogens is 1. The quantitative estimate of drug-likeness (QED) is 0.740. The number of rotatable bonds is 5. The lowest BCUT2D eigenvalue weighted by atomic mass is 10.0. The van der Waals surface area contributed by atoms with E-state index in [0.717, 1.165) is 51.1 Å². The lowest BCUT2D eigenvalue weighted by Gasteiger charge is -2.31. The highest BCUT2D eigenvalue weighted by Gasteiger charge is 2.19. The SMILES string of the molecule is CC(=O)N1CCC(NCCCc2ncn[nH]2)CC1. The number of aromatic amines is 1. The van der Waals surface area contributed by atoms with Crippen molar-refractivity contribution in [3.8, 4) is 0 Å². The predicted molar refractivity (Wildman–Crippen MR) is 68.0 cm³/mol. The largest absolute Gasteiger partial charge is 0.343 e. The second kappa shape index (κ2) is 6.49. The van der Waals surface area contributed by atoms with Crippen molar-refractivity contribution in [2.45, 2.75) is 38.6 Å². The number of aryl methyl sites for hydroxylation is 1. The Hall–Kier alpha value is -1.43. The first-order chi connectivity index (χ1) is 8.75. The minimum atomic E-state index is 0.193. The molecule has 0 bridgehead atoms. The average molecular weight is 251 g/mol. The molecule has 1 aliphatic heterocycles. The Bertz CT molecular complexity index is 357. The molecule has 0 unspecified atom stereocenters. The van der Waals surface area contributed by atoms with Gasteiger partial charge in [0.05, 0.1) is 0 Å². The van der Waals surface area contributed by atoms with Crippen molar-refractivity contribution in [2.75, 3.05) is 19.6 Å². The number of piperidine rings is 1. The highest BCUT2D eigenvalue weighted by Crippen LogP contribution is 2.10. The normalized spacial score (nSPS) is 17.1. The monoisotopic (exact) mass is 251 g/mol. The van der Waals surface area contributed by atoms with Crippen LogP contribution in [0.4, 0.5) is 0 Å². The van der Waals surface area contributed by atoms with E-state index in [9.17, 15) is 4.79 Å². The van der Waals surface area contributed by atoms with Crippen LogP contribution < -0.4 is 5.32 Å². The number of carbonyl (C=O) groups is 1. The van der Waals surface area contributed by atoms with Crippen LogP contribution in [-0.2, 0) is 11.2 Å². The van der Waals surface area contributed by atoms with Crippen molar-refractivity contribution in [1.82, 2.24) is 25.4 Å². The van der Waals surface area contributed by atoms with Gasteiger partial charge in [0.2, 0.25) is 5.91 Å². The summed E-state index contributed by atoms with van der Waals surface area (Å²) in [6.07, 6.45) is 5.64. The van der Waals surface area contributed by atoms with Crippen LogP contribution in [0.1, 0.15) is 32.0 Å². The maximum atomic E-state index is 11.2. The van der Waals surface area contributed by atoms with Crippen LogP contribution in [0, 0.1) is 0 Å². The maximum Gasteiger partial charge on any atom is 0.219 e. The van der Waals surface area contributed by atoms with E-state index < -0.39 is 0 Å². The molecule has 0 spiro atoms. The van der Waals surface area contributed by atoms with Gasteiger partial charge in [-0.25, -0.2) is 4.98 Å². The highest BCUT2D eigenvalue weighted by atomic mass is 16.2. The van der Waals surface area contributed by atoms with Crippen LogP contribution in [0.2, 0.25) is 0 Å². The Morgan fingerprint density at radius 2 is 2.33 bits per heavy atom. The summed E-state index contributed by atoms with van der Waals surface area (Å²) in [4.78, 5) is 17.2. The van der Waals surface area contributed by atoms with Gasteiger partial charge in [-0.3, -0.25) is 9.89 Å². The summed E-state index contributed by atoms with van der Waals surface area (Å²) in [5, 5.41) is 10.2. The first kappa shape index (κ1) is 13.0.